The number of amides is 1. The minimum Gasteiger partial charge on any atom is -0.507 e. The molecule has 0 heterocycles. The number of aryl methyl sites for hydroxylation is 1. The van der Waals surface area contributed by atoms with E-state index in [1.54, 1.807) is 17.0 Å². The molecule has 0 unspecified atom stereocenters. The van der Waals surface area contributed by atoms with E-state index in [1.165, 1.54) is 6.07 Å². The second-order valence-corrected chi connectivity index (χ2v) is 5.50. The highest BCUT2D eigenvalue weighted by atomic mass is 16.3. The van der Waals surface area contributed by atoms with Crippen LogP contribution in [0.5, 0.6) is 5.75 Å². The van der Waals surface area contributed by atoms with Gasteiger partial charge < -0.3 is 10.0 Å². The Bertz CT molecular complexity index is 598. The molecule has 1 amide bonds. The predicted molar refractivity (Wildman–Crippen MR) is 82.1 cm³/mol. The van der Waals surface area contributed by atoms with Crippen molar-refractivity contribution in [1.82, 2.24) is 4.90 Å². The number of aromatic hydroxyl groups is 1. The SMILES string of the molecule is Cc1ccc(O)c(C(=O)C#CC(=O)N(C(C)C)C(C)C)c1. The molecule has 4 nitrogen and oxygen atoms in total. The fraction of sp³-hybridized carbons (Fsp3) is 0.412. The Labute approximate surface area is 125 Å². The second kappa shape index (κ2) is 6.94. The first-order chi connectivity index (χ1) is 9.73. The largest absolute Gasteiger partial charge is 0.507 e. The molecule has 0 aliphatic heterocycles. The highest BCUT2D eigenvalue weighted by Gasteiger charge is 2.18. The number of Topliss-reactive ketones (excluding diaryl/α,β-unsaturated/α-hetero) is 1. The summed E-state index contributed by atoms with van der Waals surface area (Å²) < 4.78 is 0. The Balaban J connectivity index is 2.98. The molecule has 1 N–H and O–H groups in total. The lowest BCUT2D eigenvalue weighted by Gasteiger charge is -2.28. The Hall–Kier alpha value is -2.28. The normalized spacial score (nSPS) is 10.2. The first-order valence-electron chi connectivity index (χ1n) is 6.92. The molecule has 21 heavy (non-hydrogen) atoms. The lowest BCUT2D eigenvalue weighted by molar-refractivity contribution is -0.128. The monoisotopic (exact) mass is 287 g/mol. The molecule has 112 valence electrons. The van der Waals surface area contributed by atoms with Crippen molar-refractivity contribution in [2.75, 3.05) is 0 Å². The molecule has 1 aromatic rings. The van der Waals surface area contributed by atoms with Crippen LogP contribution >= 0.6 is 0 Å². The number of hydrogen-bond acceptors (Lipinski definition) is 3. The molecule has 1 rings (SSSR count). The maximum atomic E-state index is 12.1. The third-order valence-corrected chi connectivity index (χ3v) is 3.03. The summed E-state index contributed by atoms with van der Waals surface area (Å²) in [6.07, 6.45) is 0. The lowest BCUT2D eigenvalue weighted by Crippen LogP contribution is -2.41. The molecule has 0 fully saturated rings. The molecule has 0 spiro atoms. The number of benzene rings is 1. The zero-order valence-electron chi connectivity index (χ0n) is 13.1. The smallest absolute Gasteiger partial charge is 0.299 e. The average Bonchev–Trinajstić information content (AvgIpc) is 2.38. The van der Waals surface area contributed by atoms with Crippen LogP contribution in [-0.4, -0.2) is 33.8 Å². The van der Waals surface area contributed by atoms with Gasteiger partial charge in [-0.15, -0.1) is 0 Å². The molecule has 0 saturated carbocycles. The fourth-order valence-electron chi connectivity index (χ4n) is 2.14. The molecular formula is C17H21NO3. The predicted octanol–water partition coefficient (Wildman–Crippen LogP) is 2.53. The Morgan fingerprint density at radius 1 is 1.10 bits per heavy atom. The first-order valence-corrected chi connectivity index (χ1v) is 6.92. The molecule has 0 aliphatic carbocycles. The maximum absolute atomic E-state index is 12.1. The summed E-state index contributed by atoms with van der Waals surface area (Å²) in [6, 6.07) is 4.72. The summed E-state index contributed by atoms with van der Waals surface area (Å²) >= 11 is 0. The third-order valence-electron chi connectivity index (χ3n) is 3.03. The Morgan fingerprint density at radius 3 is 2.19 bits per heavy atom. The molecule has 1 aromatic carbocycles. The molecule has 0 bridgehead atoms. The average molecular weight is 287 g/mol. The Morgan fingerprint density at radius 2 is 1.67 bits per heavy atom. The fourth-order valence-corrected chi connectivity index (χ4v) is 2.14. The van der Waals surface area contributed by atoms with Gasteiger partial charge in [0.15, 0.2) is 0 Å². The lowest BCUT2D eigenvalue weighted by atomic mass is 10.1. The van der Waals surface area contributed by atoms with E-state index in [4.69, 9.17) is 0 Å². The zero-order valence-corrected chi connectivity index (χ0v) is 13.1. The van der Waals surface area contributed by atoms with Crippen molar-refractivity contribution in [2.24, 2.45) is 0 Å². The molecule has 0 aliphatic rings. The van der Waals surface area contributed by atoms with Crippen LogP contribution in [0.4, 0.5) is 0 Å². The molecular weight excluding hydrogens is 266 g/mol. The van der Waals surface area contributed by atoms with Gasteiger partial charge in [-0.3, -0.25) is 9.59 Å². The molecule has 0 atom stereocenters. The van der Waals surface area contributed by atoms with Crippen molar-refractivity contribution in [3.8, 4) is 17.6 Å². The number of carbonyl (C=O) groups excluding carboxylic acids is 2. The van der Waals surface area contributed by atoms with Crippen molar-refractivity contribution >= 4 is 11.7 Å². The quantitative estimate of drug-likeness (QED) is 0.528. The van der Waals surface area contributed by atoms with E-state index >= 15 is 0 Å². The van der Waals surface area contributed by atoms with Crippen LogP contribution in [0, 0.1) is 18.8 Å². The number of ketones is 1. The van der Waals surface area contributed by atoms with Crippen LogP contribution in [0.25, 0.3) is 0 Å². The van der Waals surface area contributed by atoms with Crippen molar-refractivity contribution in [2.45, 2.75) is 46.7 Å². The number of carbonyl (C=O) groups is 2. The van der Waals surface area contributed by atoms with Gasteiger partial charge in [-0.2, -0.15) is 0 Å². The van der Waals surface area contributed by atoms with E-state index in [9.17, 15) is 14.7 Å². The molecule has 0 aromatic heterocycles. The van der Waals surface area contributed by atoms with E-state index < -0.39 is 5.78 Å². The minimum atomic E-state index is -0.558. The van der Waals surface area contributed by atoms with Crippen LogP contribution in [-0.2, 0) is 4.79 Å². The second-order valence-electron chi connectivity index (χ2n) is 5.50. The number of phenols is 1. The summed E-state index contributed by atoms with van der Waals surface area (Å²) in [4.78, 5) is 25.6. The van der Waals surface area contributed by atoms with Crippen molar-refractivity contribution < 1.29 is 14.7 Å². The highest BCUT2D eigenvalue weighted by Crippen LogP contribution is 2.18. The van der Waals surface area contributed by atoms with Gasteiger partial charge in [-0.25, -0.2) is 0 Å². The van der Waals surface area contributed by atoms with Gasteiger partial charge in [0.25, 0.3) is 5.91 Å². The zero-order chi connectivity index (χ0) is 16.2. The highest BCUT2D eigenvalue weighted by molar-refractivity contribution is 6.13. The van der Waals surface area contributed by atoms with Gasteiger partial charge in [-0.05, 0) is 52.7 Å². The molecule has 0 radical (unpaired) electrons. The maximum Gasteiger partial charge on any atom is 0.299 e. The van der Waals surface area contributed by atoms with Gasteiger partial charge in [0.05, 0.1) is 5.56 Å². The summed E-state index contributed by atoms with van der Waals surface area (Å²) in [5.41, 5.74) is 0.964. The van der Waals surface area contributed by atoms with Gasteiger partial charge >= 0.3 is 0 Å². The van der Waals surface area contributed by atoms with Crippen LogP contribution < -0.4 is 0 Å². The molecule has 0 saturated heterocycles. The molecule has 4 heteroatoms. The number of nitrogens with zero attached hydrogens (tertiary/aromatic N) is 1. The summed E-state index contributed by atoms with van der Waals surface area (Å²) in [6.45, 7) is 9.40. The van der Waals surface area contributed by atoms with Gasteiger partial charge in [0.2, 0.25) is 5.78 Å². The standard InChI is InChI=1S/C17H21NO3/c1-11(2)18(12(3)4)17(21)9-8-16(20)14-10-13(5)6-7-15(14)19/h6-7,10-12,19H,1-5H3. The summed E-state index contributed by atoms with van der Waals surface area (Å²) in [5, 5.41) is 9.67. The summed E-state index contributed by atoms with van der Waals surface area (Å²) in [5.74, 6) is 3.61. The van der Waals surface area contributed by atoms with Crippen molar-refractivity contribution in [3.63, 3.8) is 0 Å². The van der Waals surface area contributed by atoms with Crippen molar-refractivity contribution in [1.29, 1.82) is 0 Å². The van der Waals surface area contributed by atoms with E-state index in [0.29, 0.717) is 0 Å². The van der Waals surface area contributed by atoms with Crippen LogP contribution in [0.1, 0.15) is 43.6 Å². The summed E-state index contributed by atoms with van der Waals surface area (Å²) in [7, 11) is 0. The number of phenolic OH excluding ortho intramolecular Hbond substituents is 1. The van der Waals surface area contributed by atoms with Crippen LogP contribution in [0.3, 0.4) is 0 Å². The Kier molecular flexibility index (Phi) is 5.54. The van der Waals surface area contributed by atoms with Gasteiger partial charge in [0, 0.05) is 18.0 Å². The van der Waals surface area contributed by atoms with Crippen LogP contribution in [0.15, 0.2) is 18.2 Å². The van der Waals surface area contributed by atoms with Gasteiger partial charge in [-0.1, -0.05) is 11.6 Å². The first kappa shape index (κ1) is 16.8. The van der Waals surface area contributed by atoms with E-state index in [1.807, 2.05) is 34.6 Å². The minimum absolute atomic E-state index is 0.00859. The van der Waals surface area contributed by atoms with Crippen LogP contribution in [0.2, 0.25) is 0 Å². The van der Waals surface area contributed by atoms with Gasteiger partial charge in [0.1, 0.15) is 5.75 Å². The van der Waals surface area contributed by atoms with E-state index in [0.717, 1.165) is 5.56 Å². The topological polar surface area (TPSA) is 57.6 Å². The number of rotatable bonds is 3. The third kappa shape index (κ3) is 4.35. The van der Waals surface area contributed by atoms with Crippen molar-refractivity contribution in [3.05, 3.63) is 29.3 Å². The van der Waals surface area contributed by atoms with E-state index in [-0.39, 0.29) is 29.3 Å². The number of hydrogen-bond donors (Lipinski definition) is 1. The van der Waals surface area contributed by atoms with E-state index in [2.05, 4.69) is 11.8 Å².